The minimum absolute atomic E-state index is 0.0839. The largest absolute Gasteiger partial charge is 0.393 e. The Kier molecular flexibility index (Phi) is 2.99. The summed E-state index contributed by atoms with van der Waals surface area (Å²) < 4.78 is 0. The Balaban J connectivity index is 2.25. The molecule has 1 aliphatic rings. The first-order valence-electron chi connectivity index (χ1n) is 3.93. The number of primary amides is 1. The van der Waals surface area contributed by atoms with Gasteiger partial charge in [0.05, 0.1) is 11.0 Å². The fourth-order valence-electron chi connectivity index (χ4n) is 1.28. The quantitative estimate of drug-likeness (QED) is 0.566. The van der Waals surface area contributed by atoms with Crippen molar-refractivity contribution in [1.82, 2.24) is 4.90 Å². The van der Waals surface area contributed by atoms with E-state index in [0.717, 1.165) is 19.5 Å². The first-order chi connectivity index (χ1) is 5.61. The van der Waals surface area contributed by atoms with E-state index < -0.39 is 0 Å². The maximum absolute atomic E-state index is 10.8. The zero-order valence-corrected chi connectivity index (χ0v) is 7.64. The SMILES string of the molecule is NC(=O)C1CCN1CCC(N)=S. The van der Waals surface area contributed by atoms with Crippen LogP contribution >= 0.6 is 12.2 Å². The second-order valence-electron chi connectivity index (χ2n) is 2.96. The average molecular weight is 187 g/mol. The lowest BCUT2D eigenvalue weighted by molar-refractivity contribution is -0.127. The van der Waals surface area contributed by atoms with Crippen molar-refractivity contribution in [2.24, 2.45) is 11.5 Å². The maximum Gasteiger partial charge on any atom is 0.234 e. The maximum atomic E-state index is 10.8. The van der Waals surface area contributed by atoms with E-state index in [2.05, 4.69) is 0 Å². The van der Waals surface area contributed by atoms with E-state index in [1.165, 1.54) is 0 Å². The molecule has 4 N–H and O–H groups in total. The van der Waals surface area contributed by atoms with Gasteiger partial charge in [-0.3, -0.25) is 9.69 Å². The summed E-state index contributed by atoms with van der Waals surface area (Å²) in [6.07, 6.45) is 1.53. The molecule has 1 unspecified atom stereocenters. The number of nitrogens with two attached hydrogens (primary N) is 2. The summed E-state index contributed by atoms with van der Waals surface area (Å²) >= 11 is 4.73. The van der Waals surface area contributed by atoms with Crippen molar-refractivity contribution >= 4 is 23.1 Å². The lowest BCUT2D eigenvalue weighted by Crippen LogP contribution is -2.55. The Morgan fingerprint density at radius 3 is 2.58 bits per heavy atom. The minimum atomic E-state index is -0.246. The molecule has 5 heteroatoms. The molecular formula is C7H13N3OS. The van der Waals surface area contributed by atoms with E-state index in [1.807, 2.05) is 4.90 Å². The average Bonchev–Trinajstić information content (AvgIpc) is 1.82. The van der Waals surface area contributed by atoms with Crippen molar-refractivity contribution < 1.29 is 4.79 Å². The molecule has 12 heavy (non-hydrogen) atoms. The monoisotopic (exact) mass is 187 g/mol. The summed E-state index contributed by atoms with van der Waals surface area (Å²) in [6.45, 7) is 1.68. The summed E-state index contributed by atoms with van der Waals surface area (Å²) in [5.74, 6) is -0.246. The van der Waals surface area contributed by atoms with Crippen molar-refractivity contribution in [3.63, 3.8) is 0 Å². The second-order valence-corrected chi connectivity index (χ2v) is 3.48. The molecule has 0 aliphatic carbocycles. The first kappa shape index (κ1) is 9.41. The van der Waals surface area contributed by atoms with Gasteiger partial charge in [-0.15, -0.1) is 0 Å². The molecule has 0 aromatic carbocycles. The van der Waals surface area contributed by atoms with Crippen LogP contribution < -0.4 is 11.5 Å². The molecule has 1 atom stereocenters. The van der Waals surface area contributed by atoms with Crippen LogP contribution in [0.1, 0.15) is 12.8 Å². The summed E-state index contributed by atoms with van der Waals surface area (Å²) in [6, 6.07) is -0.0839. The smallest absolute Gasteiger partial charge is 0.234 e. The molecule has 1 aliphatic heterocycles. The molecular weight excluding hydrogens is 174 g/mol. The van der Waals surface area contributed by atoms with Crippen molar-refractivity contribution in [2.75, 3.05) is 13.1 Å². The number of carbonyl (C=O) groups excluding carboxylic acids is 1. The molecule has 1 fully saturated rings. The number of thiocarbonyl (C=S) groups is 1. The van der Waals surface area contributed by atoms with Crippen molar-refractivity contribution in [2.45, 2.75) is 18.9 Å². The number of hydrogen-bond donors (Lipinski definition) is 2. The summed E-state index contributed by atoms with van der Waals surface area (Å²) in [5.41, 5.74) is 10.5. The van der Waals surface area contributed by atoms with Gasteiger partial charge in [0.1, 0.15) is 0 Å². The van der Waals surface area contributed by atoms with Crippen LogP contribution in [0.3, 0.4) is 0 Å². The number of amides is 1. The lowest BCUT2D eigenvalue weighted by Gasteiger charge is -2.38. The highest BCUT2D eigenvalue weighted by molar-refractivity contribution is 7.80. The normalized spacial score (nSPS) is 23.2. The molecule has 0 aromatic rings. The molecule has 0 radical (unpaired) electrons. The Labute approximate surface area is 76.9 Å². The Hall–Kier alpha value is -0.680. The van der Waals surface area contributed by atoms with Gasteiger partial charge >= 0.3 is 0 Å². The first-order valence-corrected chi connectivity index (χ1v) is 4.33. The van der Waals surface area contributed by atoms with Crippen LogP contribution in [-0.2, 0) is 4.79 Å². The van der Waals surface area contributed by atoms with E-state index in [-0.39, 0.29) is 11.9 Å². The van der Waals surface area contributed by atoms with Crippen LogP contribution in [0.4, 0.5) is 0 Å². The van der Waals surface area contributed by atoms with Gasteiger partial charge in [0, 0.05) is 19.5 Å². The highest BCUT2D eigenvalue weighted by Gasteiger charge is 2.31. The number of rotatable bonds is 4. The molecule has 0 aromatic heterocycles. The minimum Gasteiger partial charge on any atom is -0.393 e. The fourth-order valence-corrected chi connectivity index (χ4v) is 1.38. The van der Waals surface area contributed by atoms with Gasteiger partial charge < -0.3 is 11.5 Å². The molecule has 4 nitrogen and oxygen atoms in total. The molecule has 0 saturated carbocycles. The van der Waals surface area contributed by atoms with Crippen LogP contribution in [0.2, 0.25) is 0 Å². The van der Waals surface area contributed by atoms with Gasteiger partial charge in [-0.1, -0.05) is 12.2 Å². The van der Waals surface area contributed by atoms with Gasteiger partial charge in [0.15, 0.2) is 0 Å². The predicted molar refractivity (Wildman–Crippen MR) is 50.6 cm³/mol. The van der Waals surface area contributed by atoms with Crippen LogP contribution in [0.25, 0.3) is 0 Å². The van der Waals surface area contributed by atoms with Crippen LogP contribution in [0.15, 0.2) is 0 Å². The fraction of sp³-hybridized carbons (Fsp3) is 0.714. The number of hydrogen-bond acceptors (Lipinski definition) is 3. The van der Waals surface area contributed by atoms with Crippen molar-refractivity contribution in [3.05, 3.63) is 0 Å². The molecule has 1 saturated heterocycles. The van der Waals surface area contributed by atoms with Gasteiger partial charge in [-0.05, 0) is 6.42 Å². The van der Waals surface area contributed by atoms with E-state index in [0.29, 0.717) is 11.4 Å². The third-order valence-electron chi connectivity index (χ3n) is 2.10. The molecule has 0 spiro atoms. The topological polar surface area (TPSA) is 72.4 Å². The molecule has 1 amide bonds. The summed E-state index contributed by atoms with van der Waals surface area (Å²) in [7, 11) is 0. The number of likely N-dealkylation sites (tertiary alicyclic amines) is 1. The zero-order valence-electron chi connectivity index (χ0n) is 6.82. The van der Waals surface area contributed by atoms with E-state index in [4.69, 9.17) is 23.7 Å². The van der Waals surface area contributed by atoms with E-state index >= 15 is 0 Å². The lowest BCUT2D eigenvalue weighted by atomic mass is 10.0. The Morgan fingerprint density at radius 1 is 1.58 bits per heavy atom. The number of carbonyl (C=O) groups is 1. The van der Waals surface area contributed by atoms with Crippen LogP contribution in [-0.4, -0.2) is 34.9 Å². The Morgan fingerprint density at radius 2 is 2.25 bits per heavy atom. The zero-order chi connectivity index (χ0) is 9.14. The van der Waals surface area contributed by atoms with E-state index in [1.54, 1.807) is 0 Å². The highest BCUT2D eigenvalue weighted by atomic mass is 32.1. The molecule has 68 valence electrons. The summed E-state index contributed by atoms with van der Waals surface area (Å²) in [4.78, 5) is 13.2. The van der Waals surface area contributed by atoms with Gasteiger partial charge in [0.25, 0.3) is 0 Å². The standard InChI is InChI=1S/C7H13N3OS/c8-6(12)2-4-10-3-1-5(10)7(9)11/h5H,1-4H2,(H2,8,12)(H2,9,11). The van der Waals surface area contributed by atoms with Crippen LogP contribution in [0.5, 0.6) is 0 Å². The molecule has 1 heterocycles. The second kappa shape index (κ2) is 3.82. The molecule has 1 rings (SSSR count). The van der Waals surface area contributed by atoms with Crippen LogP contribution in [0, 0.1) is 0 Å². The number of nitrogens with zero attached hydrogens (tertiary/aromatic N) is 1. The third kappa shape index (κ3) is 2.15. The van der Waals surface area contributed by atoms with Gasteiger partial charge in [0.2, 0.25) is 5.91 Å². The van der Waals surface area contributed by atoms with Crippen molar-refractivity contribution in [3.8, 4) is 0 Å². The summed E-state index contributed by atoms with van der Waals surface area (Å²) in [5, 5.41) is 0. The third-order valence-corrected chi connectivity index (χ3v) is 2.31. The van der Waals surface area contributed by atoms with E-state index in [9.17, 15) is 4.79 Å². The molecule has 0 bridgehead atoms. The Bertz CT molecular complexity index is 207. The van der Waals surface area contributed by atoms with Gasteiger partial charge in [-0.25, -0.2) is 0 Å². The van der Waals surface area contributed by atoms with Gasteiger partial charge in [-0.2, -0.15) is 0 Å². The van der Waals surface area contributed by atoms with Crippen molar-refractivity contribution in [1.29, 1.82) is 0 Å². The highest BCUT2D eigenvalue weighted by Crippen LogP contribution is 2.16. The predicted octanol–water partition coefficient (Wildman–Crippen LogP) is -0.778.